The summed E-state index contributed by atoms with van der Waals surface area (Å²) in [6.45, 7) is 1.92. The molecule has 94 valence electrons. The van der Waals surface area contributed by atoms with Crippen molar-refractivity contribution in [3.05, 3.63) is 33.6 Å². The molecule has 0 saturated heterocycles. The molecule has 0 amide bonds. The van der Waals surface area contributed by atoms with E-state index in [0.717, 1.165) is 0 Å². The molecule has 0 aromatic heterocycles. The molecule has 2 N–H and O–H groups in total. The van der Waals surface area contributed by atoms with Crippen LogP contribution in [0.4, 0.5) is 4.39 Å². The molecule has 0 aliphatic carbocycles. The first-order valence-electron chi connectivity index (χ1n) is 5.02. The lowest BCUT2D eigenvalue weighted by Gasteiger charge is -2.14. The van der Waals surface area contributed by atoms with Crippen LogP contribution in [0.3, 0.4) is 0 Å². The number of hydrogen-bond acceptors (Lipinski definition) is 3. The topological polar surface area (TPSA) is 52.3 Å². The van der Waals surface area contributed by atoms with Crippen LogP contribution >= 0.6 is 23.2 Å². The smallest absolute Gasteiger partial charge is 0.307 e. The van der Waals surface area contributed by atoms with Gasteiger partial charge in [0.1, 0.15) is 5.82 Å². The molecule has 17 heavy (non-hydrogen) atoms. The summed E-state index contributed by atoms with van der Waals surface area (Å²) in [5.41, 5.74) is 5.75. The molecular weight excluding hydrogens is 268 g/mol. The first-order chi connectivity index (χ1) is 7.97. The van der Waals surface area contributed by atoms with Gasteiger partial charge in [0.25, 0.3) is 0 Å². The number of carbonyl (C=O) groups excluding carboxylic acids is 1. The Bertz CT molecular complexity index is 426. The van der Waals surface area contributed by atoms with E-state index in [1.54, 1.807) is 6.92 Å². The fourth-order valence-corrected chi connectivity index (χ4v) is 1.84. The van der Waals surface area contributed by atoms with E-state index in [9.17, 15) is 9.18 Å². The van der Waals surface area contributed by atoms with Gasteiger partial charge < -0.3 is 10.5 Å². The molecule has 1 atom stereocenters. The summed E-state index contributed by atoms with van der Waals surface area (Å²) in [5.74, 6) is -1.20. The van der Waals surface area contributed by atoms with Crippen LogP contribution in [0.1, 0.15) is 24.9 Å². The van der Waals surface area contributed by atoms with Crippen molar-refractivity contribution in [1.29, 1.82) is 0 Å². The Morgan fingerprint density at radius 3 is 2.65 bits per heavy atom. The summed E-state index contributed by atoms with van der Waals surface area (Å²) in [4.78, 5) is 11.2. The van der Waals surface area contributed by atoms with Gasteiger partial charge in [0.2, 0.25) is 0 Å². The molecule has 0 aliphatic rings. The number of halogens is 3. The average Bonchev–Trinajstić information content (AvgIpc) is 2.24. The Morgan fingerprint density at radius 2 is 2.06 bits per heavy atom. The minimum absolute atomic E-state index is 0.0345. The van der Waals surface area contributed by atoms with Crippen LogP contribution in [0, 0.1) is 5.82 Å². The predicted octanol–water partition coefficient (Wildman–Crippen LogP) is 3.09. The number of ether oxygens (including phenoxy) is 1. The molecule has 0 fully saturated rings. The molecule has 6 heteroatoms. The molecule has 0 bridgehead atoms. The van der Waals surface area contributed by atoms with Gasteiger partial charge in [-0.15, -0.1) is 0 Å². The van der Waals surface area contributed by atoms with Crippen LogP contribution in [-0.4, -0.2) is 12.6 Å². The summed E-state index contributed by atoms with van der Waals surface area (Å²) in [6.07, 6.45) is -0.148. The summed E-state index contributed by atoms with van der Waals surface area (Å²) >= 11 is 11.4. The molecule has 0 radical (unpaired) electrons. The van der Waals surface area contributed by atoms with Crippen LogP contribution in [0.25, 0.3) is 0 Å². The second kappa shape index (κ2) is 6.19. The van der Waals surface area contributed by atoms with Gasteiger partial charge in [0.15, 0.2) is 0 Å². The lowest BCUT2D eigenvalue weighted by atomic mass is 10.0. The molecule has 0 unspecified atom stereocenters. The molecule has 1 aromatic rings. The summed E-state index contributed by atoms with van der Waals surface area (Å²) < 4.78 is 18.4. The second-order valence-corrected chi connectivity index (χ2v) is 4.19. The van der Waals surface area contributed by atoms with E-state index in [4.69, 9.17) is 33.7 Å². The largest absolute Gasteiger partial charge is 0.466 e. The molecule has 1 aromatic carbocycles. The van der Waals surface area contributed by atoms with Crippen molar-refractivity contribution in [2.75, 3.05) is 6.61 Å². The molecule has 0 saturated carbocycles. The van der Waals surface area contributed by atoms with Crippen molar-refractivity contribution in [3.63, 3.8) is 0 Å². The van der Waals surface area contributed by atoms with Crippen molar-refractivity contribution in [2.24, 2.45) is 5.73 Å². The maximum Gasteiger partial charge on any atom is 0.307 e. The number of esters is 1. The molecule has 1 rings (SSSR count). The third-order valence-corrected chi connectivity index (χ3v) is 2.76. The zero-order valence-corrected chi connectivity index (χ0v) is 10.7. The first-order valence-corrected chi connectivity index (χ1v) is 5.77. The fraction of sp³-hybridized carbons (Fsp3) is 0.364. The van der Waals surface area contributed by atoms with Crippen molar-refractivity contribution in [3.8, 4) is 0 Å². The molecule has 0 heterocycles. The quantitative estimate of drug-likeness (QED) is 0.681. The van der Waals surface area contributed by atoms with E-state index >= 15 is 0 Å². The third-order valence-electron chi connectivity index (χ3n) is 2.14. The minimum atomic E-state index is -0.875. The van der Waals surface area contributed by atoms with Gasteiger partial charge in [-0.25, -0.2) is 4.39 Å². The first kappa shape index (κ1) is 14.2. The lowest BCUT2D eigenvalue weighted by molar-refractivity contribution is -0.143. The highest BCUT2D eigenvalue weighted by Gasteiger charge is 2.21. The molecule has 0 aliphatic heterocycles. The minimum Gasteiger partial charge on any atom is -0.466 e. The summed E-state index contributed by atoms with van der Waals surface area (Å²) in [6, 6.07) is 1.90. The number of rotatable bonds is 4. The van der Waals surface area contributed by atoms with Crippen molar-refractivity contribution in [2.45, 2.75) is 19.4 Å². The Balaban J connectivity index is 2.92. The van der Waals surface area contributed by atoms with Gasteiger partial charge in [-0.1, -0.05) is 23.2 Å². The van der Waals surface area contributed by atoms with E-state index < -0.39 is 17.8 Å². The number of benzene rings is 1. The van der Waals surface area contributed by atoms with E-state index in [1.807, 2.05) is 0 Å². The standard InChI is InChI=1S/C11H12Cl2FNO2/c1-2-17-9(16)5-8(15)10-6(12)3-4-7(13)11(10)14/h3-4,8H,2,5,15H2,1H3/t8-/m1/s1. The van der Waals surface area contributed by atoms with E-state index in [-0.39, 0.29) is 28.6 Å². The summed E-state index contributed by atoms with van der Waals surface area (Å²) in [7, 11) is 0. The fourth-order valence-electron chi connectivity index (χ4n) is 1.38. The normalized spacial score (nSPS) is 12.3. The summed E-state index contributed by atoms with van der Waals surface area (Å²) in [5, 5.41) is 0.0624. The Labute approximate surface area is 109 Å². The van der Waals surface area contributed by atoms with Crippen LogP contribution < -0.4 is 5.73 Å². The zero-order chi connectivity index (χ0) is 13.0. The zero-order valence-electron chi connectivity index (χ0n) is 9.17. The highest BCUT2D eigenvalue weighted by molar-refractivity contribution is 6.33. The van der Waals surface area contributed by atoms with Crippen LogP contribution in [0.15, 0.2) is 12.1 Å². The van der Waals surface area contributed by atoms with E-state index in [0.29, 0.717) is 0 Å². The Morgan fingerprint density at radius 1 is 1.47 bits per heavy atom. The van der Waals surface area contributed by atoms with Crippen LogP contribution in [0.5, 0.6) is 0 Å². The van der Waals surface area contributed by atoms with Gasteiger partial charge in [0, 0.05) is 16.6 Å². The average molecular weight is 280 g/mol. The monoisotopic (exact) mass is 279 g/mol. The van der Waals surface area contributed by atoms with Gasteiger partial charge in [-0.2, -0.15) is 0 Å². The number of carbonyl (C=O) groups is 1. The van der Waals surface area contributed by atoms with Crippen molar-refractivity contribution < 1.29 is 13.9 Å². The Kier molecular flexibility index (Phi) is 5.18. The SMILES string of the molecule is CCOC(=O)C[C@@H](N)c1c(Cl)ccc(Cl)c1F. The molecule has 0 spiro atoms. The van der Waals surface area contributed by atoms with Crippen molar-refractivity contribution in [1.82, 2.24) is 0 Å². The van der Waals surface area contributed by atoms with E-state index in [2.05, 4.69) is 0 Å². The van der Waals surface area contributed by atoms with Crippen molar-refractivity contribution >= 4 is 29.2 Å². The van der Waals surface area contributed by atoms with E-state index in [1.165, 1.54) is 12.1 Å². The van der Waals surface area contributed by atoms with Crippen LogP contribution in [0.2, 0.25) is 10.0 Å². The highest BCUT2D eigenvalue weighted by atomic mass is 35.5. The second-order valence-electron chi connectivity index (χ2n) is 3.37. The number of nitrogens with two attached hydrogens (primary N) is 1. The Hall–Kier alpha value is -0.840. The maximum absolute atomic E-state index is 13.7. The highest BCUT2D eigenvalue weighted by Crippen LogP contribution is 2.30. The predicted molar refractivity (Wildman–Crippen MR) is 64.6 cm³/mol. The maximum atomic E-state index is 13.7. The molecule has 3 nitrogen and oxygen atoms in total. The van der Waals surface area contributed by atoms with Gasteiger partial charge >= 0.3 is 5.97 Å². The third kappa shape index (κ3) is 3.56. The lowest BCUT2D eigenvalue weighted by Crippen LogP contribution is -2.19. The number of hydrogen-bond donors (Lipinski definition) is 1. The molecular formula is C11H12Cl2FNO2. The van der Waals surface area contributed by atoms with Crippen LogP contribution in [-0.2, 0) is 9.53 Å². The van der Waals surface area contributed by atoms with Gasteiger partial charge in [-0.05, 0) is 19.1 Å². The van der Waals surface area contributed by atoms with Gasteiger partial charge in [-0.3, -0.25) is 4.79 Å². The van der Waals surface area contributed by atoms with Gasteiger partial charge in [0.05, 0.1) is 18.1 Å².